The smallest absolute Gasteiger partial charge is 0.325 e. The summed E-state index contributed by atoms with van der Waals surface area (Å²) >= 11 is 0. The van der Waals surface area contributed by atoms with Gasteiger partial charge in [0.25, 0.3) is 0 Å². The highest BCUT2D eigenvalue weighted by atomic mass is 16.7. The second-order valence-electron chi connectivity index (χ2n) is 23.2. The van der Waals surface area contributed by atoms with Crippen molar-refractivity contribution in [1.29, 1.82) is 0 Å². The van der Waals surface area contributed by atoms with Crippen LogP contribution in [-0.2, 0) is 66.9 Å². The van der Waals surface area contributed by atoms with E-state index >= 15 is 0 Å². The van der Waals surface area contributed by atoms with E-state index in [1.165, 1.54) is 32.6 Å². The Hall–Kier alpha value is -5.74. The summed E-state index contributed by atoms with van der Waals surface area (Å²) in [7, 11) is 0. The number of rotatable bonds is 29. The lowest BCUT2D eigenvalue weighted by molar-refractivity contribution is -0.347. The van der Waals surface area contributed by atoms with Gasteiger partial charge in [0.15, 0.2) is 12.6 Å². The monoisotopic (exact) mass is 1200 g/mol. The van der Waals surface area contributed by atoms with Gasteiger partial charge in [0, 0.05) is 13.5 Å². The van der Waals surface area contributed by atoms with Gasteiger partial charge in [0.05, 0.1) is 19.3 Å². The maximum Gasteiger partial charge on any atom is 0.325 e. The number of amides is 9. The second-order valence-corrected chi connectivity index (χ2v) is 23.2. The third-order valence-corrected chi connectivity index (χ3v) is 14.7. The maximum absolute atomic E-state index is 14.3. The number of nitrogens with two attached hydrogens (primary N) is 1. The van der Waals surface area contributed by atoms with E-state index in [1.54, 1.807) is 55.4 Å². The molecule has 0 aromatic carbocycles. The number of likely N-dealkylation sites (tertiary alicyclic amines) is 1. The van der Waals surface area contributed by atoms with Crippen molar-refractivity contribution in [1.82, 2.24) is 47.4 Å². The molecule has 9 unspecified atom stereocenters. The van der Waals surface area contributed by atoms with Gasteiger partial charge in [0.1, 0.15) is 103 Å². The Kier molecular flexibility index (Phi) is 28.2. The lowest BCUT2D eigenvalue weighted by atomic mass is 9.95. The average Bonchev–Trinajstić information content (AvgIpc) is 3.71. The summed E-state index contributed by atoms with van der Waals surface area (Å²) < 4.78 is 23.1. The zero-order valence-electron chi connectivity index (χ0n) is 50.0. The van der Waals surface area contributed by atoms with Gasteiger partial charge in [-0.2, -0.15) is 0 Å². The first-order chi connectivity index (χ1) is 39.1. The molecule has 9 amide bonds. The minimum atomic E-state index is -1.93. The molecule has 3 fully saturated rings. The highest BCUT2D eigenvalue weighted by Gasteiger charge is 2.52. The van der Waals surface area contributed by atoms with E-state index in [-0.39, 0.29) is 25.3 Å². The Morgan fingerprint density at radius 3 is 1.54 bits per heavy atom. The SMILES string of the molecule is CC(=O)NC1[C@@H](OC(C)[C@H](N)C(=O)NC(CC(C)C)C(=O)N2CCC[C@H]2C(=O)NC(C)C(=O)N[C@@H](C)C(=O)NC(C(=O)N[C@H](C(=O)NC(C(=O)N[C@@H](C)C(=O)O)C(C)C)C(C)C)C(C)C)OC(CO)[C@H](O)[C@@H]1O[C@@H]1OC(CO)[C@H](O)C(O)[C@@H]1O. The molecule has 17 N–H and O–H groups in total. The molecule has 0 aliphatic carbocycles. The molecular weight excluding hydrogens is 1110 g/mol. The fourth-order valence-electron chi connectivity index (χ4n) is 9.56. The quantitative estimate of drug-likeness (QED) is 0.0332. The number of hydrogen-bond donors (Lipinski definition) is 16. The summed E-state index contributed by atoms with van der Waals surface area (Å²) in [5.74, 6) is -9.81. The molecule has 0 saturated carbocycles. The van der Waals surface area contributed by atoms with Crippen molar-refractivity contribution in [2.24, 2.45) is 29.4 Å². The summed E-state index contributed by atoms with van der Waals surface area (Å²) in [6, 6.07) is -12.8. The molecule has 0 aromatic rings. The van der Waals surface area contributed by atoms with E-state index in [0.717, 1.165) is 6.92 Å². The zero-order chi connectivity index (χ0) is 63.9. The van der Waals surface area contributed by atoms with Crippen molar-refractivity contribution in [2.45, 2.75) is 231 Å². The Morgan fingerprint density at radius 1 is 0.583 bits per heavy atom. The first-order valence-electron chi connectivity index (χ1n) is 28.3. The number of aliphatic hydroxyl groups excluding tert-OH is 6. The van der Waals surface area contributed by atoms with Crippen LogP contribution in [0, 0.1) is 23.7 Å². The van der Waals surface area contributed by atoms with Crippen LogP contribution in [0.2, 0.25) is 0 Å². The summed E-state index contributed by atoms with van der Waals surface area (Å²) in [6.07, 6.45) is -16.0. The number of aliphatic carboxylic acids is 1. The minimum Gasteiger partial charge on any atom is -0.480 e. The Bertz CT molecular complexity index is 2280. The molecule has 84 heavy (non-hydrogen) atoms. The Balaban J connectivity index is 1.68. The van der Waals surface area contributed by atoms with Crippen molar-refractivity contribution in [3.8, 4) is 0 Å². The summed E-state index contributed by atoms with van der Waals surface area (Å²) in [6.45, 7) is 18.3. The fourth-order valence-corrected chi connectivity index (χ4v) is 9.56. The standard InChI is InChI=1S/C53H92N10O21/c1-20(2)17-29(59-46(74)33(54)27(12)81-52-37(58-28(13)66)42(39(68)32(19-65)82-52)84-53-41(70)40(69)38(67)31(18-64)83-53)50(78)63-16-14-15-30(63)45(73)56-24(9)43(71)55-25(10)44(72)60-35(22(5)6)48(76)62-36(23(7)8)49(77)61-34(21(3)4)47(75)57-26(11)51(79)80/h20-27,29-42,52-53,64-65,67-70H,14-19,54H2,1-13H3,(H,55,71)(H,56,73)(H,57,75)(H,58,66)(H,59,74)(H,60,72)(H,61,77)(H,62,76)(H,79,80)/t24?,25-,26-,27?,29?,30-,31?,32?,33-,34?,35?,36-,37?,38-,39-,40?,41-,42+,52-,53-/m0/s1. The van der Waals surface area contributed by atoms with E-state index < -0.39 is 212 Å². The molecule has 0 spiro atoms. The predicted octanol–water partition coefficient (Wildman–Crippen LogP) is -5.97. The molecule has 3 aliphatic rings. The third-order valence-electron chi connectivity index (χ3n) is 14.7. The van der Waals surface area contributed by atoms with Crippen LogP contribution in [0.3, 0.4) is 0 Å². The molecule has 0 aromatic heterocycles. The summed E-state index contributed by atoms with van der Waals surface area (Å²) in [5, 5.41) is 92.0. The van der Waals surface area contributed by atoms with Crippen LogP contribution in [0.4, 0.5) is 0 Å². The van der Waals surface area contributed by atoms with Gasteiger partial charge in [-0.05, 0) is 70.6 Å². The zero-order valence-corrected chi connectivity index (χ0v) is 50.0. The van der Waals surface area contributed by atoms with E-state index in [9.17, 15) is 83.7 Å². The number of aliphatic hydroxyl groups is 6. The minimum absolute atomic E-state index is 0.0717. The van der Waals surface area contributed by atoms with Crippen LogP contribution < -0.4 is 48.3 Å². The molecule has 3 aliphatic heterocycles. The Morgan fingerprint density at radius 2 is 1.05 bits per heavy atom. The van der Waals surface area contributed by atoms with Crippen molar-refractivity contribution >= 4 is 59.1 Å². The van der Waals surface area contributed by atoms with Gasteiger partial charge in [-0.15, -0.1) is 0 Å². The van der Waals surface area contributed by atoms with Crippen molar-refractivity contribution in [3.05, 3.63) is 0 Å². The average molecular weight is 1210 g/mol. The third kappa shape index (κ3) is 19.7. The van der Waals surface area contributed by atoms with Crippen molar-refractivity contribution in [2.75, 3.05) is 19.8 Å². The molecule has 3 rings (SSSR count). The number of nitrogens with one attached hydrogen (secondary N) is 8. The molecule has 3 heterocycles. The highest BCUT2D eigenvalue weighted by molar-refractivity contribution is 5.98. The number of carbonyl (C=O) groups is 10. The normalized spacial score (nSPS) is 27.7. The molecule has 31 heteroatoms. The summed E-state index contributed by atoms with van der Waals surface area (Å²) in [4.78, 5) is 134. The first-order valence-corrected chi connectivity index (χ1v) is 28.3. The van der Waals surface area contributed by atoms with Gasteiger partial charge < -0.3 is 108 Å². The molecule has 0 bridgehead atoms. The number of carboxylic acids is 1. The summed E-state index contributed by atoms with van der Waals surface area (Å²) in [5.41, 5.74) is 6.41. The molecule has 31 nitrogen and oxygen atoms in total. The van der Waals surface area contributed by atoms with Gasteiger partial charge in [-0.3, -0.25) is 47.9 Å². The lowest BCUT2D eigenvalue weighted by Gasteiger charge is -2.48. The van der Waals surface area contributed by atoms with Crippen molar-refractivity contribution in [3.63, 3.8) is 0 Å². The maximum atomic E-state index is 14.3. The van der Waals surface area contributed by atoms with E-state index in [0.29, 0.717) is 6.42 Å². The topological polar surface area (TPSA) is 475 Å². The van der Waals surface area contributed by atoms with Crippen LogP contribution in [0.25, 0.3) is 0 Å². The molecule has 20 atom stereocenters. The van der Waals surface area contributed by atoms with Gasteiger partial charge in [-0.25, -0.2) is 0 Å². The first kappa shape index (κ1) is 72.5. The van der Waals surface area contributed by atoms with Crippen LogP contribution in [0.1, 0.15) is 109 Å². The Labute approximate surface area is 488 Å². The number of ether oxygens (including phenoxy) is 4. The van der Waals surface area contributed by atoms with Crippen LogP contribution >= 0.6 is 0 Å². The number of carboxylic acid groups (broad SMARTS) is 1. The number of carbonyl (C=O) groups excluding carboxylic acids is 9. The van der Waals surface area contributed by atoms with Crippen LogP contribution in [0.5, 0.6) is 0 Å². The lowest BCUT2D eigenvalue weighted by Crippen LogP contribution is -2.68. The molecule has 480 valence electrons. The molecule has 0 radical (unpaired) electrons. The fraction of sp³-hybridized carbons (Fsp3) is 0.811. The molecular formula is C53H92N10O21. The van der Waals surface area contributed by atoms with Gasteiger partial charge in [0.2, 0.25) is 53.2 Å². The highest BCUT2D eigenvalue weighted by Crippen LogP contribution is 2.31. The van der Waals surface area contributed by atoms with E-state index in [4.69, 9.17) is 24.7 Å². The number of hydrogen-bond acceptors (Lipinski definition) is 21. The van der Waals surface area contributed by atoms with Crippen LogP contribution in [-0.4, -0.2) is 241 Å². The second kappa shape index (κ2) is 32.7. The van der Waals surface area contributed by atoms with Crippen LogP contribution in [0.15, 0.2) is 0 Å². The number of nitrogens with zero attached hydrogens (tertiary/aromatic N) is 1. The van der Waals surface area contributed by atoms with Gasteiger partial charge in [-0.1, -0.05) is 55.4 Å². The predicted molar refractivity (Wildman–Crippen MR) is 293 cm³/mol. The molecule has 3 saturated heterocycles. The van der Waals surface area contributed by atoms with Crippen molar-refractivity contribution < 1.29 is 103 Å². The largest absolute Gasteiger partial charge is 0.480 e. The van der Waals surface area contributed by atoms with E-state index in [1.807, 2.05) is 0 Å². The van der Waals surface area contributed by atoms with E-state index in [2.05, 4.69) is 42.5 Å². The van der Waals surface area contributed by atoms with Gasteiger partial charge >= 0.3 is 5.97 Å².